The molecule has 0 saturated carbocycles. The number of hydrogen-bond donors (Lipinski definition) is 25. The topological polar surface area (TPSA) is 744 Å². The third kappa shape index (κ3) is 14.5. The Hall–Kier alpha value is -15.4. The van der Waals surface area contributed by atoms with Crippen LogP contribution in [0.3, 0.4) is 0 Å². The molecule has 3 heterocycles. The number of aliphatic hydroxyl groups excluding tert-OH is 2. The van der Waals surface area contributed by atoms with Gasteiger partial charge in [0.05, 0.1) is 38.9 Å². The summed E-state index contributed by atoms with van der Waals surface area (Å²) in [6.07, 6.45) is -26.1. The first kappa shape index (κ1) is 77.7. The Morgan fingerprint density at radius 2 is 0.714 bits per heavy atom. The van der Waals surface area contributed by atoms with Crippen LogP contribution in [0.4, 0.5) is 0 Å². The average molecular weight is 1570 g/mol. The van der Waals surface area contributed by atoms with Crippen LogP contribution in [0, 0.1) is 0 Å². The van der Waals surface area contributed by atoms with E-state index < -0.39 is 322 Å². The summed E-state index contributed by atoms with van der Waals surface area (Å²) < 4.78 is 61.2. The van der Waals surface area contributed by atoms with Crippen LogP contribution in [0.15, 0.2) is 78.9 Å². The van der Waals surface area contributed by atoms with Gasteiger partial charge in [0.1, 0.15) is 43.2 Å². The number of aromatic hydroxyl groups is 23. The predicted molar refractivity (Wildman–Crippen MR) is 346 cm³/mol. The summed E-state index contributed by atoms with van der Waals surface area (Å²) in [6, 6.07) is 5.26. The number of carbonyl (C=O) groups is 8. The van der Waals surface area contributed by atoms with E-state index in [-0.39, 0.29) is 12.1 Å². The maximum atomic E-state index is 15.4. The largest absolute Gasteiger partial charge is 0.504 e. The predicted octanol–water partition coefficient (Wildman–Crippen LogP) is 1.79. The number of cyclic esters (lactones) is 1. The first-order valence-electron chi connectivity index (χ1n) is 31.0. The highest BCUT2D eigenvalue weighted by Gasteiger charge is 2.56. The van der Waals surface area contributed by atoms with Crippen LogP contribution in [0.5, 0.6) is 144 Å². The van der Waals surface area contributed by atoms with E-state index in [9.17, 15) is 161 Å². The van der Waals surface area contributed by atoms with Gasteiger partial charge < -0.3 is 180 Å². The molecule has 588 valence electrons. The lowest BCUT2D eigenvalue weighted by molar-refractivity contribution is -0.284. The highest BCUT2D eigenvalue weighted by atomic mass is 16.8. The van der Waals surface area contributed by atoms with Crippen molar-refractivity contribution >= 4 is 47.8 Å². The SMILES string of the molecule is O=C(OC[C@H]1O[C@@H](OC(=O)c2cc(O)c(O)c(O)c2)[C@H](OC(=O)c2cc(O)c(O)c(O)c2)[C@@H](OC(=O)c2cc(O)c(O)c(O)c2)[C@@H]1OC(=O)c1cc(O)c(O)c(O)c1Oc1cc2c(c(O)c1O)-c1c(cc(O)c(O)c1O)C(=O)O[C@H]1[C@H](O)[C@@H](O)[C@H](OC(=O)c3cc(O)c(O)c(O)c3)O[C@@H]1COC2=O)c1cc(O)c(O)c(O)c1. The minimum Gasteiger partial charge on any atom is -0.504 e. The molecule has 8 aromatic carbocycles. The van der Waals surface area contributed by atoms with E-state index in [1.807, 2.05) is 0 Å². The molecule has 0 spiro atoms. The highest BCUT2D eigenvalue weighted by molar-refractivity contribution is 6.09. The molecule has 0 radical (unpaired) electrons. The van der Waals surface area contributed by atoms with Crippen LogP contribution in [0.25, 0.3) is 11.1 Å². The number of phenolic OH excluding ortho intramolecular Hbond substituents is 23. The number of hydrogen-bond acceptors (Lipinski definition) is 44. The van der Waals surface area contributed by atoms with Crippen LogP contribution in [-0.2, 0) is 47.4 Å². The van der Waals surface area contributed by atoms with Crippen molar-refractivity contribution in [2.24, 2.45) is 0 Å². The molecule has 0 unspecified atom stereocenters. The first-order valence-corrected chi connectivity index (χ1v) is 31.0. The van der Waals surface area contributed by atoms with Crippen LogP contribution in [0.1, 0.15) is 82.9 Å². The molecule has 25 N–H and O–H groups in total. The van der Waals surface area contributed by atoms with Crippen LogP contribution in [0.2, 0.25) is 0 Å². The number of ether oxygens (including phenoxy) is 11. The minimum absolute atomic E-state index is 0.132. The smallest absolute Gasteiger partial charge is 0.342 e. The number of esters is 8. The maximum Gasteiger partial charge on any atom is 0.342 e. The van der Waals surface area contributed by atoms with Gasteiger partial charge >= 0.3 is 47.8 Å². The molecule has 8 aromatic rings. The van der Waals surface area contributed by atoms with E-state index in [2.05, 4.69) is 0 Å². The molecule has 0 aliphatic carbocycles. The van der Waals surface area contributed by atoms with Gasteiger partial charge in [-0.1, -0.05) is 0 Å². The number of phenols is 23. The van der Waals surface area contributed by atoms with Crippen molar-refractivity contribution in [2.75, 3.05) is 13.2 Å². The fourth-order valence-electron chi connectivity index (χ4n) is 11.2. The molecule has 0 aromatic heterocycles. The van der Waals surface area contributed by atoms with Crippen molar-refractivity contribution < 1.29 is 218 Å². The zero-order chi connectivity index (χ0) is 82.0. The van der Waals surface area contributed by atoms with Crippen LogP contribution >= 0.6 is 0 Å². The quantitative estimate of drug-likeness (QED) is 0.0395. The summed E-state index contributed by atoms with van der Waals surface area (Å²) in [5.74, 6) is -49.4. The van der Waals surface area contributed by atoms with Gasteiger partial charge in [0.25, 0.3) is 0 Å². The summed E-state index contributed by atoms with van der Waals surface area (Å²) in [5.41, 5.74) is -11.3. The van der Waals surface area contributed by atoms with Crippen molar-refractivity contribution in [1.82, 2.24) is 0 Å². The minimum atomic E-state index is -2.95. The third-order valence-corrected chi connectivity index (χ3v) is 16.8. The average Bonchev–Trinajstić information content (AvgIpc) is 1.27. The fourth-order valence-corrected chi connectivity index (χ4v) is 11.2. The third-order valence-electron chi connectivity index (χ3n) is 16.8. The molecule has 3 aliphatic heterocycles. The van der Waals surface area contributed by atoms with E-state index >= 15 is 4.79 Å². The second kappa shape index (κ2) is 29.7. The second-order valence-electron chi connectivity index (χ2n) is 24.0. The first-order chi connectivity index (χ1) is 52.6. The van der Waals surface area contributed by atoms with Crippen molar-refractivity contribution in [2.45, 2.75) is 61.4 Å². The van der Waals surface area contributed by atoms with Gasteiger partial charge in [-0.2, -0.15) is 0 Å². The molecular weight excluding hydrogens is 1520 g/mol. The zero-order valence-corrected chi connectivity index (χ0v) is 55.1. The zero-order valence-electron chi connectivity index (χ0n) is 55.1. The summed E-state index contributed by atoms with van der Waals surface area (Å²) >= 11 is 0. The normalized spacial score (nSPS) is 19.9. The molecule has 11 rings (SSSR count). The van der Waals surface area contributed by atoms with Crippen LogP contribution < -0.4 is 4.74 Å². The molecule has 44 nitrogen and oxygen atoms in total. The number of aliphatic hydroxyl groups is 2. The van der Waals surface area contributed by atoms with Crippen molar-refractivity contribution in [3.05, 3.63) is 123 Å². The molecular formula is C68H52O44. The summed E-state index contributed by atoms with van der Waals surface area (Å²) in [4.78, 5) is 115. The van der Waals surface area contributed by atoms with Gasteiger partial charge in [-0.3, -0.25) is 0 Å². The molecule has 0 bridgehead atoms. The van der Waals surface area contributed by atoms with Crippen molar-refractivity contribution in [3.8, 4) is 155 Å². The standard InChI is InChI=1S/C68H52O44/c69-24-1-16(2-25(70)41(24)81)59(94)102-15-38-56(57(109-60(95)17-3-26(71)42(82)27(72)4-17)58(110-61(96)18-5-28(73)43(83)29(74)6-18)68(106-38)112-63(98)20-9-32(77)45(85)33(78)10-20)108-66(101)23-12-35(80)47(87)51(91)54(23)104-36-13-22-40(50(90)48(36)88)39-21(11-34(79)46(86)49(39)89)65(100)107-55-37(14-103-64(22)99)105-67(53(93)52(55)92)111-62(97)19-7-30(75)44(84)31(76)8-19/h1-13,37-38,52-53,55-58,67-93H,14-15H2/t37-,38-,52-,53-,55-,56-,57+,58-,67+,68+/m1/s1. The van der Waals surface area contributed by atoms with Gasteiger partial charge in [-0.15, -0.1) is 0 Å². The molecule has 2 fully saturated rings. The lowest BCUT2D eigenvalue weighted by atomic mass is 9.91. The van der Waals surface area contributed by atoms with E-state index in [4.69, 9.17) is 52.1 Å². The number of rotatable bonds is 15. The van der Waals surface area contributed by atoms with Gasteiger partial charge in [0.15, 0.2) is 139 Å². The van der Waals surface area contributed by atoms with Gasteiger partial charge in [-0.25, -0.2) is 38.4 Å². The second-order valence-corrected chi connectivity index (χ2v) is 24.0. The monoisotopic (exact) mass is 1570 g/mol. The maximum absolute atomic E-state index is 15.4. The molecule has 112 heavy (non-hydrogen) atoms. The number of carbonyl (C=O) groups excluding carboxylic acids is 8. The Bertz CT molecular complexity index is 5160. The van der Waals surface area contributed by atoms with E-state index in [0.717, 1.165) is 0 Å². The molecule has 3 aliphatic rings. The number of benzene rings is 8. The fraction of sp³-hybridized carbons (Fsp3) is 0.176. The Kier molecular flexibility index (Phi) is 20.6. The molecule has 44 heteroatoms. The lowest BCUT2D eigenvalue weighted by Crippen LogP contribution is -2.63. The summed E-state index contributed by atoms with van der Waals surface area (Å²) in [6.45, 7) is -2.94. The Morgan fingerprint density at radius 1 is 0.348 bits per heavy atom. The summed E-state index contributed by atoms with van der Waals surface area (Å²) in [7, 11) is 0. The number of fused-ring (bicyclic) bond motifs is 4. The Morgan fingerprint density at radius 3 is 1.17 bits per heavy atom. The summed E-state index contributed by atoms with van der Waals surface area (Å²) in [5, 5.41) is 267. The van der Waals surface area contributed by atoms with Crippen molar-refractivity contribution in [1.29, 1.82) is 0 Å². The van der Waals surface area contributed by atoms with Crippen LogP contribution in [-0.4, -0.2) is 250 Å². The van der Waals surface area contributed by atoms with E-state index in [1.165, 1.54) is 0 Å². The molecule has 10 atom stereocenters. The van der Waals surface area contributed by atoms with Gasteiger partial charge in [-0.05, 0) is 66.7 Å². The highest BCUT2D eigenvalue weighted by Crippen LogP contribution is 2.56. The molecule has 0 amide bonds. The van der Waals surface area contributed by atoms with Gasteiger partial charge in [0, 0.05) is 23.3 Å². The van der Waals surface area contributed by atoms with Crippen molar-refractivity contribution in [3.63, 3.8) is 0 Å². The van der Waals surface area contributed by atoms with E-state index in [1.54, 1.807) is 0 Å². The Labute approximate surface area is 617 Å². The van der Waals surface area contributed by atoms with E-state index in [0.29, 0.717) is 66.7 Å². The molecule has 2 saturated heterocycles. The Balaban J connectivity index is 1.04. The van der Waals surface area contributed by atoms with Gasteiger partial charge in [0.2, 0.25) is 41.7 Å². The lowest BCUT2D eigenvalue weighted by Gasteiger charge is -2.44.